The van der Waals surface area contributed by atoms with Crippen molar-refractivity contribution < 1.29 is 0 Å². The van der Waals surface area contributed by atoms with Crippen LogP contribution < -0.4 is 5.32 Å². The predicted octanol–water partition coefficient (Wildman–Crippen LogP) is 2.09. The van der Waals surface area contributed by atoms with Crippen LogP contribution in [0.15, 0.2) is 23.5 Å². The Morgan fingerprint density at radius 2 is 2.35 bits per heavy atom. The first-order chi connectivity index (χ1) is 11.1. The summed E-state index contributed by atoms with van der Waals surface area (Å²) in [6.45, 7) is 14.9. The number of nitrogens with zero attached hydrogens (tertiary/aromatic N) is 5. The topological polar surface area (TPSA) is 58.3 Å². The molecule has 2 rings (SSSR count). The molecule has 0 aliphatic carbocycles. The number of rotatable bonds is 6. The third-order valence-corrected chi connectivity index (χ3v) is 4.10. The normalized spacial score (nSPS) is 19.0. The molecule has 0 bridgehead atoms. The number of hydrogen-bond donors (Lipinski definition) is 1. The van der Waals surface area contributed by atoms with Gasteiger partial charge in [0.1, 0.15) is 12.2 Å². The van der Waals surface area contributed by atoms with E-state index < -0.39 is 0 Å². The Morgan fingerprint density at radius 1 is 1.52 bits per heavy atom. The minimum Gasteiger partial charge on any atom is -0.354 e. The van der Waals surface area contributed by atoms with E-state index in [4.69, 9.17) is 4.99 Å². The quantitative estimate of drug-likeness (QED) is 0.496. The lowest BCUT2D eigenvalue weighted by molar-refractivity contribution is 0.265. The van der Waals surface area contributed by atoms with Gasteiger partial charge in [-0.15, -0.1) is 10.2 Å². The molecule has 1 saturated heterocycles. The molecule has 1 aromatic rings. The first kappa shape index (κ1) is 17.5. The number of aliphatic imine (C=N–C) groups is 1. The van der Waals surface area contributed by atoms with Gasteiger partial charge in [-0.25, -0.2) is 4.99 Å². The van der Waals surface area contributed by atoms with Crippen molar-refractivity contribution >= 4 is 5.96 Å². The van der Waals surface area contributed by atoms with Gasteiger partial charge in [-0.05, 0) is 25.7 Å². The van der Waals surface area contributed by atoms with Crippen molar-refractivity contribution in [3.8, 4) is 0 Å². The minimum absolute atomic E-state index is 0.681. The van der Waals surface area contributed by atoms with E-state index in [0.29, 0.717) is 6.54 Å². The monoisotopic (exact) mass is 318 g/mol. The summed E-state index contributed by atoms with van der Waals surface area (Å²) in [5.41, 5.74) is 1.08. The molecule has 23 heavy (non-hydrogen) atoms. The van der Waals surface area contributed by atoms with E-state index in [-0.39, 0.29) is 0 Å². The molecule has 0 spiro atoms. The molecule has 1 aliphatic rings. The molecular formula is C17H30N6. The van der Waals surface area contributed by atoms with Crippen molar-refractivity contribution in [1.82, 2.24) is 25.0 Å². The molecule has 1 atom stereocenters. The van der Waals surface area contributed by atoms with E-state index in [9.17, 15) is 0 Å². The largest absolute Gasteiger partial charge is 0.354 e. The number of nitrogens with one attached hydrogen (secondary N) is 1. The van der Waals surface area contributed by atoms with Crippen LogP contribution in [0.5, 0.6) is 0 Å². The third-order valence-electron chi connectivity index (χ3n) is 4.10. The highest BCUT2D eigenvalue weighted by Gasteiger charge is 2.19. The highest BCUT2D eigenvalue weighted by Crippen LogP contribution is 2.15. The van der Waals surface area contributed by atoms with Crippen molar-refractivity contribution in [3.63, 3.8) is 0 Å². The van der Waals surface area contributed by atoms with Crippen LogP contribution in [0.2, 0.25) is 0 Å². The number of aryl methyl sites for hydroxylation is 1. The van der Waals surface area contributed by atoms with Crippen molar-refractivity contribution in [2.75, 3.05) is 26.2 Å². The van der Waals surface area contributed by atoms with Gasteiger partial charge < -0.3 is 14.8 Å². The van der Waals surface area contributed by atoms with Gasteiger partial charge in [0.2, 0.25) is 0 Å². The second-order valence-electron chi connectivity index (χ2n) is 6.51. The maximum Gasteiger partial charge on any atom is 0.194 e. The summed E-state index contributed by atoms with van der Waals surface area (Å²) in [6.07, 6.45) is 5.25. The van der Waals surface area contributed by atoms with Gasteiger partial charge in [-0.2, -0.15) is 0 Å². The second kappa shape index (κ2) is 8.70. The number of likely N-dealkylation sites (tertiary alicyclic amines) is 1. The lowest BCUT2D eigenvalue weighted by Crippen LogP contribution is -2.47. The van der Waals surface area contributed by atoms with Crippen LogP contribution in [-0.2, 0) is 13.0 Å². The summed E-state index contributed by atoms with van der Waals surface area (Å²) in [5.74, 6) is 2.76. The van der Waals surface area contributed by atoms with E-state index in [0.717, 1.165) is 55.9 Å². The van der Waals surface area contributed by atoms with Gasteiger partial charge in [-0.3, -0.25) is 0 Å². The standard InChI is InChI=1S/C17H30N6/c1-5-16-21-20-13-23(16)10-8-18-17(19-11-14(2)3)22-9-6-7-15(4)12-22/h13,15H,2,5-12H2,1,3-4H3,(H,18,19). The van der Waals surface area contributed by atoms with Crippen molar-refractivity contribution in [2.45, 2.75) is 46.6 Å². The second-order valence-corrected chi connectivity index (χ2v) is 6.51. The van der Waals surface area contributed by atoms with Gasteiger partial charge in [0.25, 0.3) is 0 Å². The molecule has 0 radical (unpaired) electrons. The molecule has 128 valence electrons. The number of aromatic nitrogens is 3. The number of hydrogen-bond acceptors (Lipinski definition) is 3. The molecule has 1 aliphatic heterocycles. The highest BCUT2D eigenvalue weighted by molar-refractivity contribution is 5.80. The van der Waals surface area contributed by atoms with E-state index in [1.807, 2.05) is 6.92 Å². The lowest BCUT2D eigenvalue weighted by Gasteiger charge is -2.33. The average Bonchev–Trinajstić information content (AvgIpc) is 2.97. The highest BCUT2D eigenvalue weighted by atomic mass is 15.3. The fourth-order valence-corrected chi connectivity index (χ4v) is 2.89. The summed E-state index contributed by atoms with van der Waals surface area (Å²) >= 11 is 0. The molecule has 0 amide bonds. The maximum absolute atomic E-state index is 4.73. The van der Waals surface area contributed by atoms with Crippen molar-refractivity contribution in [1.29, 1.82) is 0 Å². The average molecular weight is 318 g/mol. The molecule has 0 aromatic carbocycles. The van der Waals surface area contributed by atoms with Crippen LogP contribution in [0.1, 0.15) is 39.4 Å². The number of guanidine groups is 1. The molecular weight excluding hydrogens is 288 g/mol. The van der Waals surface area contributed by atoms with Crippen LogP contribution in [0.25, 0.3) is 0 Å². The Balaban J connectivity index is 1.94. The number of piperidine rings is 1. The minimum atomic E-state index is 0.681. The first-order valence-corrected chi connectivity index (χ1v) is 8.64. The first-order valence-electron chi connectivity index (χ1n) is 8.64. The summed E-state index contributed by atoms with van der Waals surface area (Å²) in [7, 11) is 0. The van der Waals surface area contributed by atoms with Crippen LogP contribution in [-0.4, -0.2) is 51.8 Å². The summed E-state index contributed by atoms with van der Waals surface area (Å²) in [4.78, 5) is 7.11. The van der Waals surface area contributed by atoms with E-state index in [1.165, 1.54) is 12.8 Å². The van der Waals surface area contributed by atoms with Gasteiger partial charge in [0.05, 0.1) is 6.54 Å². The Labute approximate surface area is 139 Å². The zero-order valence-electron chi connectivity index (χ0n) is 14.8. The Hall–Kier alpha value is -1.85. The summed E-state index contributed by atoms with van der Waals surface area (Å²) in [5, 5.41) is 11.6. The summed E-state index contributed by atoms with van der Waals surface area (Å²) < 4.78 is 2.10. The van der Waals surface area contributed by atoms with Crippen LogP contribution in [0.3, 0.4) is 0 Å². The fourth-order valence-electron chi connectivity index (χ4n) is 2.89. The molecule has 6 nitrogen and oxygen atoms in total. The van der Waals surface area contributed by atoms with Crippen molar-refractivity contribution in [3.05, 3.63) is 24.3 Å². The van der Waals surface area contributed by atoms with Gasteiger partial charge in [0.15, 0.2) is 5.96 Å². The van der Waals surface area contributed by atoms with E-state index in [2.05, 4.69) is 45.4 Å². The van der Waals surface area contributed by atoms with E-state index in [1.54, 1.807) is 6.33 Å². The van der Waals surface area contributed by atoms with Crippen LogP contribution >= 0.6 is 0 Å². The molecule has 6 heteroatoms. The van der Waals surface area contributed by atoms with Gasteiger partial charge in [0, 0.05) is 32.6 Å². The smallest absolute Gasteiger partial charge is 0.194 e. The Bertz CT molecular complexity index is 533. The zero-order valence-corrected chi connectivity index (χ0v) is 14.8. The van der Waals surface area contributed by atoms with Crippen molar-refractivity contribution in [2.24, 2.45) is 10.9 Å². The molecule has 1 aromatic heterocycles. The zero-order chi connectivity index (χ0) is 16.7. The SMILES string of the molecule is C=C(C)CN=C(NCCn1cnnc1CC)N1CCCC(C)C1. The predicted molar refractivity (Wildman–Crippen MR) is 94.5 cm³/mol. The Morgan fingerprint density at radius 3 is 3.04 bits per heavy atom. The molecule has 1 unspecified atom stereocenters. The van der Waals surface area contributed by atoms with Crippen LogP contribution in [0, 0.1) is 5.92 Å². The molecule has 2 heterocycles. The summed E-state index contributed by atoms with van der Waals surface area (Å²) in [6, 6.07) is 0. The molecule has 1 fully saturated rings. The van der Waals surface area contributed by atoms with E-state index >= 15 is 0 Å². The van der Waals surface area contributed by atoms with Gasteiger partial charge in [-0.1, -0.05) is 26.0 Å². The maximum atomic E-state index is 4.73. The molecule has 1 N–H and O–H groups in total. The lowest BCUT2D eigenvalue weighted by atomic mass is 10.0. The molecule has 0 saturated carbocycles. The van der Waals surface area contributed by atoms with Crippen LogP contribution in [0.4, 0.5) is 0 Å². The van der Waals surface area contributed by atoms with Gasteiger partial charge >= 0.3 is 0 Å². The third kappa shape index (κ3) is 5.37. The fraction of sp³-hybridized carbons (Fsp3) is 0.706. The Kier molecular flexibility index (Phi) is 6.62.